The molecule has 0 saturated carbocycles. The molecule has 0 N–H and O–H groups in total. The van der Waals surface area contributed by atoms with Crippen molar-refractivity contribution in [1.82, 2.24) is 19.9 Å². The first kappa shape index (κ1) is 23.7. The number of aromatic nitrogens is 2. The number of hydrogen-bond acceptors (Lipinski definition) is 5. The molecule has 8 heteroatoms. The van der Waals surface area contributed by atoms with Gasteiger partial charge in [-0.05, 0) is 37.0 Å². The van der Waals surface area contributed by atoms with Crippen LogP contribution in [0.3, 0.4) is 0 Å². The first-order valence-corrected chi connectivity index (χ1v) is 11.7. The molecule has 1 unspecified atom stereocenters. The Morgan fingerprint density at radius 1 is 1.18 bits per heavy atom. The van der Waals surface area contributed by atoms with Gasteiger partial charge < -0.3 is 14.3 Å². The zero-order chi connectivity index (χ0) is 23.9. The highest BCUT2D eigenvalue weighted by Gasteiger charge is 2.33. The van der Waals surface area contributed by atoms with Crippen LogP contribution in [0.25, 0.3) is 11.4 Å². The molecule has 4 rings (SSSR count). The van der Waals surface area contributed by atoms with Crippen molar-refractivity contribution in [2.75, 3.05) is 19.6 Å². The van der Waals surface area contributed by atoms with Gasteiger partial charge >= 0.3 is 0 Å². The Kier molecular flexibility index (Phi) is 7.75. The third kappa shape index (κ3) is 5.72. The van der Waals surface area contributed by atoms with E-state index in [1.54, 1.807) is 28.0 Å². The number of carbonyl (C=O) groups excluding carboxylic acids is 2. The summed E-state index contributed by atoms with van der Waals surface area (Å²) in [5.74, 6) is 0.570. The molecule has 2 heterocycles. The molecule has 1 aliphatic rings. The Hall–Kier alpha value is -3.45. The van der Waals surface area contributed by atoms with Crippen molar-refractivity contribution in [1.29, 1.82) is 0 Å². The van der Waals surface area contributed by atoms with Crippen LogP contribution in [-0.4, -0.2) is 51.4 Å². The second-order valence-corrected chi connectivity index (χ2v) is 8.73. The van der Waals surface area contributed by atoms with Crippen LogP contribution in [0.2, 0.25) is 5.02 Å². The van der Waals surface area contributed by atoms with Crippen molar-refractivity contribution in [2.24, 2.45) is 0 Å². The zero-order valence-corrected chi connectivity index (χ0v) is 19.7. The van der Waals surface area contributed by atoms with Crippen LogP contribution in [0, 0.1) is 0 Å². The van der Waals surface area contributed by atoms with Crippen LogP contribution >= 0.6 is 11.6 Å². The van der Waals surface area contributed by atoms with Gasteiger partial charge in [0.2, 0.25) is 23.5 Å². The van der Waals surface area contributed by atoms with Crippen molar-refractivity contribution in [2.45, 2.75) is 31.7 Å². The fourth-order valence-electron chi connectivity index (χ4n) is 4.15. The number of rotatable bonds is 8. The van der Waals surface area contributed by atoms with Crippen LogP contribution in [0.15, 0.2) is 71.8 Å². The second-order valence-electron chi connectivity index (χ2n) is 8.29. The third-order valence-electron chi connectivity index (χ3n) is 5.86. The Balaban J connectivity index is 1.48. The maximum absolute atomic E-state index is 13.3. The molecule has 34 heavy (non-hydrogen) atoms. The summed E-state index contributed by atoms with van der Waals surface area (Å²) in [6.45, 7) is 4.60. The number of halogens is 1. The average Bonchev–Trinajstić information content (AvgIpc) is 3.35. The lowest BCUT2D eigenvalue weighted by atomic mass is 10.0. The first-order valence-electron chi connectivity index (χ1n) is 11.4. The summed E-state index contributed by atoms with van der Waals surface area (Å²) in [5, 5.41) is 4.69. The minimum atomic E-state index is -0.323. The molecule has 1 aliphatic heterocycles. The second kappa shape index (κ2) is 11.1. The SMILES string of the molecule is C=CCN(CC(=O)N1CCCCC1c1nc(-c2cccc(Cl)c2)no1)C(=O)Cc1ccccc1. The number of benzene rings is 2. The molecule has 0 spiro atoms. The van der Waals surface area contributed by atoms with Gasteiger partial charge in [-0.15, -0.1) is 6.58 Å². The number of likely N-dealkylation sites (tertiary alicyclic amines) is 1. The van der Waals surface area contributed by atoms with Crippen LogP contribution < -0.4 is 0 Å². The van der Waals surface area contributed by atoms with E-state index < -0.39 is 0 Å². The molecule has 3 aromatic rings. The Bertz CT molecular complexity index is 1150. The topological polar surface area (TPSA) is 79.5 Å². The Labute approximate surface area is 204 Å². The molecule has 1 saturated heterocycles. The van der Waals surface area contributed by atoms with E-state index in [0.717, 1.165) is 30.4 Å². The highest BCUT2D eigenvalue weighted by molar-refractivity contribution is 6.30. The molecule has 0 aliphatic carbocycles. The highest BCUT2D eigenvalue weighted by atomic mass is 35.5. The van der Waals surface area contributed by atoms with Crippen molar-refractivity contribution in [3.8, 4) is 11.4 Å². The van der Waals surface area contributed by atoms with Crippen LogP contribution in [0.4, 0.5) is 0 Å². The summed E-state index contributed by atoms with van der Waals surface area (Å²) >= 11 is 6.09. The molecule has 1 aromatic heterocycles. The van der Waals surface area contributed by atoms with Crippen molar-refractivity contribution in [3.05, 3.63) is 83.7 Å². The molecule has 2 amide bonds. The summed E-state index contributed by atoms with van der Waals surface area (Å²) in [5.41, 5.74) is 1.66. The quantitative estimate of drug-likeness (QED) is 0.438. The van der Waals surface area contributed by atoms with Gasteiger partial charge in [0, 0.05) is 23.7 Å². The third-order valence-corrected chi connectivity index (χ3v) is 6.09. The summed E-state index contributed by atoms with van der Waals surface area (Å²) in [6.07, 6.45) is 4.43. The normalized spacial score (nSPS) is 15.7. The summed E-state index contributed by atoms with van der Waals surface area (Å²) in [4.78, 5) is 34.1. The van der Waals surface area contributed by atoms with Crippen molar-refractivity contribution in [3.63, 3.8) is 0 Å². The number of carbonyl (C=O) groups is 2. The van der Waals surface area contributed by atoms with Gasteiger partial charge in [0.25, 0.3) is 0 Å². The Morgan fingerprint density at radius 2 is 2.00 bits per heavy atom. The predicted octanol–water partition coefficient (Wildman–Crippen LogP) is 4.70. The van der Waals surface area contributed by atoms with Crippen LogP contribution in [-0.2, 0) is 16.0 Å². The molecule has 7 nitrogen and oxygen atoms in total. The summed E-state index contributed by atoms with van der Waals surface area (Å²) in [6, 6.07) is 16.4. The van der Waals surface area contributed by atoms with Gasteiger partial charge in [0.1, 0.15) is 12.6 Å². The highest BCUT2D eigenvalue weighted by Crippen LogP contribution is 2.31. The van der Waals surface area contributed by atoms with Gasteiger partial charge in [0.15, 0.2) is 0 Å². The number of piperidine rings is 1. The van der Waals surface area contributed by atoms with E-state index in [4.69, 9.17) is 16.1 Å². The van der Waals surface area contributed by atoms with E-state index in [0.29, 0.717) is 29.8 Å². The first-order chi connectivity index (χ1) is 16.5. The van der Waals surface area contributed by atoms with E-state index in [-0.39, 0.29) is 30.8 Å². The fourth-order valence-corrected chi connectivity index (χ4v) is 4.34. The van der Waals surface area contributed by atoms with E-state index in [1.165, 1.54) is 0 Å². The van der Waals surface area contributed by atoms with Gasteiger partial charge in [0.05, 0.1) is 6.42 Å². The van der Waals surface area contributed by atoms with Gasteiger partial charge in [-0.2, -0.15) is 4.98 Å². The summed E-state index contributed by atoms with van der Waals surface area (Å²) < 4.78 is 5.56. The maximum atomic E-state index is 13.3. The molecule has 1 atom stereocenters. The number of nitrogens with zero attached hydrogens (tertiary/aromatic N) is 4. The minimum absolute atomic E-state index is 0.0243. The van der Waals surface area contributed by atoms with Crippen LogP contribution in [0.1, 0.15) is 36.8 Å². The van der Waals surface area contributed by atoms with Gasteiger partial charge in [-0.3, -0.25) is 9.59 Å². The van der Waals surface area contributed by atoms with E-state index >= 15 is 0 Å². The lowest BCUT2D eigenvalue weighted by Crippen LogP contribution is -2.46. The molecular formula is C26H27ClN4O3. The van der Waals surface area contributed by atoms with Crippen molar-refractivity contribution < 1.29 is 14.1 Å². The molecule has 0 bridgehead atoms. The zero-order valence-electron chi connectivity index (χ0n) is 18.9. The van der Waals surface area contributed by atoms with Crippen LogP contribution in [0.5, 0.6) is 0 Å². The molecule has 1 fully saturated rings. The average molecular weight is 479 g/mol. The molecular weight excluding hydrogens is 452 g/mol. The fraction of sp³-hybridized carbons (Fsp3) is 0.308. The Morgan fingerprint density at radius 3 is 2.76 bits per heavy atom. The maximum Gasteiger partial charge on any atom is 0.249 e. The minimum Gasteiger partial charge on any atom is -0.337 e. The van der Waals surface area contributed by atoms with Crippen molar-refractivity contribution >= 4 is 23.4 Å². The molecule has 2 aromatic carbocycles. The lowest BCUT2D eigenvalue weighted by molar-refractivity contribution is -0.142. The predicted molar refractivity (Wildman–Crippen MR) is 130 cm³/mol. The van der Waals surface area contributed by atoms with Gasteiger partial charge in [-0.1, -0.05) is 65.3 Å². The number of hydrogen-bond donors (Lipinski definition) is 0. The van der Waals surface area contributed by atoms with Gasteiger partial charge in [-0.25, -0.2) is 0 Å². The van der Waals surface area contributed by atoms with E-state index in [9.17, 15) is 9.59 Å². The number of amides is 2. The van der Waals surface area contributed by atoms with E-state index in [2.05, 4.69) is 16.7 Å². The van der Waals surface area contributed by atoms with E-state index in [1.807, 2.05) is 42.5 Å². The standard InChI is InChI=1S/C26H27ClN4O3/c1-2-14-30(23(32)16-19-9-4-3-5-10-19)18-24(33)31-15-7-6-13-22(31)26-28-25(29-34-26)20-11-8-12-21(27)17-20/h2-5,8-12,17,22H,1,6-7,13-16,18H2. The largest absolute Gasteiger partial charge is 0.337 e. The monoisotopic (exact) mass is 478 g/mol. The molecule has 176 valence electrons. The molecule has 0 radical (unpaired) electrons. The lowest BCUT2D eigenvalue weighted by Gasteiger charge is -2.35. The summed E-state index contributed by atoms with van der Waals surface area (Å²) in [7, 11) is 0. The smallest absolute Gasteiger partial charge is 0.249 e.